The van der Waals surface area contributed by atoms with Crippen LogP contribution in [-0.4, -0.2) is 24.5 Å². The van der Waals surface area contributed by atoms with Gasteiger partial charge in [0.2, 0.25) is 0 Å². The van der Waals surface area contributed by atoms with E-state index in [4.69, 9.17) is 0 Å². The third-order valence-electron chi connectivity index (χ3n) is 2.51. The number of allylic oxidation sites excluding steroid dienone is 4. The average Bonchev–Trinajstić information content (AvgIpc) is 2.21. The molecule has 0 aromatic heterocycles. The Labute approximate surface area is 89.5 Å². The van der Waals surface area contributed by atoms with Crippen LogP contribution in [-0.2, 0) is 0 Å². The van der Waals surface area contributed by atoms with Crippen molar-refractivity contribution < 1.29 is 0 Å². The van der Waals surface area contributed by atoms with Gasteiger partial charge in [0.15, 0.2) is 0 Å². The van der Waals surface area contributed by atoms with Crippen molar-refractivity contribution in [1.29, 1.82) is 0 Å². The molecule has 0 aliphatic heterocycles. The van der Waals surface area contributed by atoms with Gasteiger partial charge in [0.25, 0.3) is 0 Å². The van der Waals surface area contributed by atoms with Gasteiger partial charge >= 0.3 is 0 Å². The molecule has 0 radical (unpaired) electrons. The van der Waals surface area contributed by atoms with Crippen LogP contribution in [0.15, 0.2) is 23.8 Å². The maximum Gasteiger partial charge on any atom is -0.00159 e. The molecule has 0 aromatic rings. The van der Waals surface area contributed by atoms with Crippen LogP contribution in [0.2, 0.25) is 0 Å². The number of rotatable bonds is 7. The number of nitrogens with zero attached hydrogens (tertiary/aromatic N) is 1. The van der Waals surface area contributed by atoms with Crippen LogP contribution >= 0.6 is 0 Å². The molecule has 0 bridgehead atoms. The highest BCUT2D eigenvalue weighted by Crippen LogP contribution is 2.05. The molecule has 82 valence electrons. The summed E-state index contributed by atoms with van der Waals surface area (Å²) in [6.07, 6.45) is 8.91. The van der Waals surface area contributed by atoms with Gasteiger partial charge in [-0.2, -0.15) is 0 Å². The molecule has 0 spiro atoms. The SMILES string of the molecule is CC=CC=C(C)CCCN(CC)CC. The molecule has 0 fully saturated rings. The van der Waals surface area contributed by atoms with Gasteiger partial charge in [-0.3, -0.25) is 0 Å². The van der Waals surface area contributed by atoms with Gasteiger partial charge in [-0.05, 0) is 46.3 Å². The topological polar surface area (TPSA) is 3.24 Å². The molecule has 1 heteroatoms. The Bertz CT molecular complexity index is 176. The summed E-state index contributed by atoms with van der Waals surface area (Å²) in [6, 6.07) is 0. The van der Waals surface area contributed by atoms with Gasteiger partial charge in [-0.25, -0.2) is 0 Å². The van der Waals surface area contributed by atoms with E-state index in [1.807, 2.05) is 0 Å². The lowest BCUT2D eigenvalue weighted by Gasteiger charge is -2.17. The van der Waals surface area contributed by atoms with Crippen molar-refractivity contribution in [3.05, 3.63) is 23.8 Å². The monoisotopic (exact) mass is 195 g/mol. The molecule has 0 unspecified atom stereocenters. The van der Waals surface area contributed by atoms with Crippen LogP contribution < -0.4 is 0 Å². The van der Waals surface area contributed by atoms with Crippen LogP contribution in [0.1, 0.15) is 40.5 Å². The van der Waals surface area contributed by atoms with E-state index >= 15 is 0 Å². The average molecular weight is 195 g/mol. The van der Waals surface area contributed by atoms with Gasteiger partial charge in [-0.1, -0.05) is 37.6 Å². The van der Waals surface area contributed by atoms with Crippen molar-refractivity contribution in [3.8, 4) is 0 Å². The summed E-state index contributed by atoms with van der Waals surface area (Å²) < 4.78 is 0. The van der Waals surface area contributed by atoms with E-state index < -0.39 is 0 Å². The summed E-state index contributed by atoms with van der Waals surface area (Å²) in [5.41, 5.74) is 1.48. The van der Waals surface area contributed by atoms with Crippen molar-refractivity contribution in [2.75, 3.05) is 19.6 Å². The van der Waals surface area contributed by atoms with Crippen molar-refractivity contribution in [2.45, 2.75) is 40.5 Å². The summed E-state index contributed by atoms with van der Waals surface area (Å²) in [5, 5.41) is 0. The van der Waals surface area contributed by atoms with Crippen molar-refractivity contribution in [1.82, 2.24) is 4.90 Å². The van der Waals surface area contributed by atoms with Crippen molar-refractivity contribution in [2.24, 2.45) is 0 Å². The smallest absolute Gasteiger partial charge is 0.00159 e. The van der Waals surface area contributed by atoms with Gasteiger partial charge in [0, 0.05) is 0 Å². The highest BCUT2D eigenvalue weighted by atomic mass is 15.1. The zero-order valence-electron chi connectivity index (χ0n) is 10.2. The largest absolute Gasteiger partial charge is 0.304 e. The minimum Gasteiger partial charge on any atom is -0.304 e. The van der Waals surface area contributed by atoms with Gasteiger partial charge < -0.3 is 4.90 Å². The Morgan fingerprint density at radius 2 is 1.86 bits per heavy atom. The predicted octanol–water partition coefficient (Wildman–Crippen LogP) is 3.63. The highest BCUT2D eigenvalue weighted by Gasteiger charge is 1.97. The predicted molar refractivity (Wildman–Crippen MR) is 65.6 cm³/mol. The van der Waals surface area contributed by atoms with Crippen LogP contribution in [0.5, 0.6) is 0 Å². The van der Waals surface area contributed by atoms with E-state index in [1.54, 1.807) is 0 Å². The summed E-state index contributed by atoms with van der Waals surface area (Å²) >= 11 is 0. The molecule has 0 heterocycles. The molecule has 0 saturated carbocycles. The molecule has 0 rings (SSSR count). The second kappa shape index (κ2) is 9.01. The fourth-order valence-corrected chi connectivity index (χ4v) is 1.47. The maximum atomic E-state index is 2.48. The van der Waals surface area contributed by atoms with E-state index in [2.05, 4.69) is 50.8 Å². The Kier molecular flexibility index (Phi) is 8.65. The zero-order chi connectivity index (χ0) is 10.8. The summed E-state index contributed by atoms with van der Waals surface area (Å²) in [7, 11) is 0. The van der Waals surface area contributed by atoms with Gasteiger partial charge in [-0.15, -0.1) is 0 Å². The standard InChI is InChI=1S/C13H25N/c1-5-8-10-13(4)11-9-12-14(6-2)7-3/h5,8,10H,6-7,9,11-12H2,1-4H3. The van der Waals surface area contributed by atoms with E-state index in [-0.39, 0.29) is 0 Å². The third kappa shape index (κ3) is 6.90. The summed E-state index contributed by atoms with van der Waals surface area (Å²) in [6.45, 7) is 12.3. The summed E-state index contributed by atoms with van der Waals surface area (Å²) in [4.78, 5) is 2.48. The van der Waals surface area contributed by atoms with E-state index in [1.165, 1.54) is 38.0 Å². The van der Waals surface area contributed by atoms with Crippen LogP contribution in [0, 0.1) is 0 Å². The lowest BCUT2D eigenvalue weighted by molar-refractivity contribution is 0.300. The lowest BCUT2D eigenvalue weighted by Crippen LogP contribution is -2.23. The molecule has 0 N–H and O–H groups in total. The van der Waals surface area contributed by atoms with E-state index in [9.17, 15) is 0 Å². The fraction of sp³-hybridized carbons (Fsp3) is 0.692. The third-order valence-corrected chi connectivity index (χ3v) is 2.51. The highest BCUT2D eigenvalue weighted by molar-refractivity contribution is 5.09. The molecule has 0 saturated heterocycles. The van der Waals surface area contributed by atoms with E-state index in [0.717, 1.165) is 0 Å². The number of hydrogen-bond acceptors (Lipinski definition) is 1. The van der Waals surface area contributed by atoms with Crippen LogP contribution in [0.4, 0.5) is 0 Å². The van der Waals surface area contributed by atoms with Crippen molar-refractivity contribution in [3.63, 3.8) is 0 Å². The van der Waals surface area contributed by atoms with Crippen LogP contribution in [0.25, 0.3) is 0 Å². The zero-order valence-corrected chi connectivity index (χ0v) is 10.2. The number of hydrogen-bond donors (Lipinski definition) is 0. The van der Waals surface area contributed by atoms with Gasteiger partial charge in [0.05, 0.1) is 0 Å². The Morgan fingerprint density at radius 3 is 2.36 bits per heavy atom. The summed E-state index contributed by atoms with van der Waals surface area (Å²) in [5.74, 6) is 0. The Balaban J connectivity index is 3.62. The first kappa shape index (κ1) is 13.4. The van der Waals surface area contributed by atoms with Gasteiger partial charge in [0.1, 0.15) is 0 Å². The molecule has 0 aromatic carbocycles. The molecular weight excluding hydrogens is 170 g/mol. The first-order valence-corrected chi connectivity index (χ1v) is 5.75. The second-order valence-corrected chi connectivity index (χ2v) is 3.67. The first-order valence-electron chi connectivity index (χ1n) is 5.75. The van der Waals surface area contributed by atoms with Crippen molar-refractivity contribution >= 4 is 0 Å². The quantitative estimate of drug-likeness (QED) is 0.561. The van der Waals surface area contributed by atoms with E-state index in [0.29, 0.717) is 0 Å². The maximum absolute atomic E-state index is 2.48. The molecule has 0 amide bonds. The van der Waals surface area contributed by atoms with Crippen LogP contribution in [0.3, 0.4) is 0 Å². The Morgan fingerprint density at radius 1 is 1.21 bits per heavy atom. The molecule has 0 aliphatic carbocycles. The minimum atomic E-state index is 1.17. The second-order valence-electron chi connectivity index (χ2n) is 3.67. The normalized spacial score (nSPS) is 13.1. The Hall–Kier alpha value is -0.560. The fourth-order valence-electron chi connectivity index (χ4n) is 1.47. The molecular formula is C13H25N. The molecule has 1 nitrogen and oxygen atoms in total. The molecule has 0 aliphatic rings. The lowest BCUT2D eigenvalue weighted by atomic mass is 10.1. The minimum absolute atomic E-state index is 1.17. The first-order chi connectivity index (χ1) is 6.74. The molecule has 14 heavy (non-hydrogen) atoms. The molecule has 0 atom stereocenters.